The van der Waals surface area contributed by atoms with E-state index in [1.165, 1.54) is 4.90 Å². The number of hydrogen-bond acceptors (Lipinski definition) is 5. The number of rotatable bonds is 8. The molecule has 0 bridgehead atoms. The highest BCUT2D eigenvalue weighted by Crippen LogP contribution is 2.25. The van der Waals surface area contributed by atoms with Crippen LogP contribution in [0.3, 0.4) is 0 Å². The lowest BCUT2D eigenvalue weighted by Crippen LogP contribution is -2.43. The van der Waals surface area contributed by atoms with Crippen LogP contribution in [0.1, 0.15) is 43.9 Å². The van der Waals surface area contributed by atoms with Crippen LogP contribution >= 0.6 is 0 Å². The first-order valence-electron chi connectivity index (χ1n) is 10.0. The third kappa shape index (κ3) is 3.62. The van der Waals surface area contributed by atoms with Gasteiger partial charge in [0.05, 0.1) is 11.1 Å². The number of imide groups is 1. The number of carbonyl (C=O) groups excluding carboxylic acids is 4. The van der Waals surface area contributed by atoms with Gasteiger partial charge in [0.25, 0.3) is 11.8 Å². The Bertz CT molecular complexity index is 1180. The predicted molar refractivity (Wildman–Crippen MR) is 114 cm³/mol. The van der Waals surface area contributed by atoms with Crippen molar-refractivity contribution in [2.45, 2.75) is 25.4 Å². The molecule has 31 heavy (non-hydrogen) atoms. The Morgan fingerprint density at radius 2 is 1.45 bits per heavy atom. The second-order valence-corrected chi connectivity index (χ2v) is 7.51. The second-order valence-electron chi connectivity index (χ2n) is 7.51. The maximum absolute atomic E-state index is 12.6. The zero-order valence-corrected chi connectivity index (χ0v) is 16.8. The number of nitrogens with zero attached hydrogens (tertiary/aromatic N) is 2. The van der Waals surface area contributed by atoms with Gasteiger partial charge < -0.3 is 16.0 Å². The van der Waals surface area contributed by atoms with E-state index in [2.05, 4.69) is 0 Å². The summed E-state index contributed by atoms with van der Waals surface area (Å²) in [6.07, 6.45) is 2.97. The summed E-state index contributed by atoms with van der Waals surface area (Å²) < 4.78 is 1.92. The van der Waals surface area contributed by atoms with Gasteiger partial charge in [0.2, 0.25) is 5.91 Å². The molecular weight excluding hydrogens is 396 g/mol. The Morgan fingerprint density at radius 3 is 2.10 bits per heavy atom. The Labute approximate surface area is 178 Å². The number of benzene rings is 2. The van der Waals surface area contributed by atoms with E-state index in [1.807, 2.05) is 22.8 Å². The summed E-state index contributed by atoms with van der Waals surface area (Å²) in [6.45, 7) is 0.895. The van der Waals surface area contributed by atoms with Crippen molar-refractivity contribution in [3.8, 4) is 0 Å². The van der Waals surface area contributed by atoms with Crippen molar-refractivity contribution in [1.29, 1.82) is 0 Å². The topological polar surface area (TPSA) is 128 Å². The Morgan fingerprint density at radius 1 is 0.871 bits per heavy atom. The number of fused-ring (bicyclic) bond motifs is 2. The van der Waals surface area contributed by atoms with Crippen LogP contribution < -0.4 is 11.5 Å². The Hall–Kier alpha value is -3.78. The zero-order chi connectivity index (χ0) is 22.1. The van der Waals surface area contributed by atoms with E-state index in [9.17, 15) is 19.2 Å². The molecule has 3 amide bonds. The lowest BCUT2D eigenvalue weighted by Gasteiger charge is -2.13. The lowest BCUT2D eigenvalue weighted by atomic mass is 10.0. The van der Waals surface area contributed by atoms with Crippen LogP contribution in [0.15, 0.2) is 54.7 Å². The van der Waals surface area contributed by atoms with E-state index in [0.29, 0.717) is 48.0 Å². The first-order valence-corrected chi connectivity index (χ1v) is 10.0. The SMILES string of the molecule is NC(=O)C(N)C(=O)c1cn(CCCCN2C(=O)c3ccccc3C2=O)c2ccccc12. The van der Waals surface area contributed by atoms with Gasteiger partial charge in [0, 0.05) is 35.8 Å². The van der Waals surface area contributed by atoms with Crippen molar-refractivity contribution in [1.82, 2.24) is 9.47 Å². The van der Waals surface area contributed by atoms with Crippen molar-refractivity contribution in [2.75, 3.05) is 6.54 Å². The van der Waals surface area contributed by atoms with Crippen LogP contribution in [0.4, 0.5) is 0 Å². The highest BCUT2D eigenvalue weighted by molar-refractivity contribution is 6.21. The molecule has 2 aromatic carbocycles. The standard InChI is InChI=1S/C23H22N4O4/c24-19(21(25)29)20(28)17-13-26(18-10-4-3-7-14(17)18)11-5-6-12-27-22(30)15-8-1-2-9-16(15)23(27)31/h1-4,7-10,13,19H,5-6,11-12,24H2,(H2,25,29). The van der Waals surface area contributed by atoms with Crippen LogP contribution in [0.5, 0.6) is 0 Å². The number of amides is 3. The molecule has 0 fully saturated rings. The molecule has 0 radical (unpaired) electrons. The molecule has 0 spiro atoms. The van der Waals surface area contributed by atoms with E-state index in [4.69, 9.17) is 11.5 Å². The molecule has 0 saturated heterocycles. The van der Waals surface area contributed by atoms with Crippen molar-refractivity contribution in [2.24, 2.45) is 11.5 Å². The van der Waals surface area contributed by atoms with Crippen molar-refractivity contribution in [3.05, 3.63) is 71.4 Å². The molecule has 2 heterocycles. The summed E-state index contributed by atoms with van der Waals surface area (Å²) >= 11 is 0. The third-order valence-corrected chi connectivity index (χ3v) is 5.55. The number of hydrogen-bond donors (Lipinski definition) is 2. The first kappa shape index (κ1) is 20.5. The van der Waals surface area contributed by atoms with Crippen LogP contribution in [-0.2, 0) is 11.3 Å². The molecule has 8 nitrogen and oxygen atoms in total. The number of para-hydroxylation sites is 1. The number of unbranched alkanes of at least 4 members (excludes halogenated alkanes) is 1. The van der Waals surface area contributed by atoms with Crippen LogP contribution in [0.2, 0.25) is 0 Å². The average molecular weight is 418 g/mol. The Balaban J connectivity index is 1.45. The molecule has 1 atom stereocenters. The summed E-state index contributed by atoms with van der Waals surface area (Å²) in [5, 5.41) is 0.699. The zero-order valence-electron chi connectivity index (χ0n) is 16.8. The summed E-state index contributed by atoms with van der Waals surface area (Å²) in [4.78, 5) is 50.1. The minimum atomic E-state index is -1.40. The van der Waals surface area contributed by atoms with E-state index in [-0.39, 0.29) is 11.8 Å². The number of nitrogens with two attached hydrogens (primary N) is 2. The fourth-order valence-corrected chi connectivity index (χ4v) is 3.92. The third-order valence-electron chi connectivity index (χ3n) is 5.55. The van der Waals surface area contributed by atoms with Crippen molar-refractivity contribution in [3.63, 3.8) is 0 Å². The second kappa shape index (κ2) is 8.16. The summed E-state index contributed by atoms with van der Waals surface area (Å²) in [5.41, 5.74) is 12.9. The number of aromatic nitrogens is 1. The molecule has 158 valence electrons. The highest BCUT2D eigenvalue weighted by Gasteiger charge is 2.34. The van der Waals surface area contributed by atoms with Crippen LogP contribution in [0, 0.1) is 0 Å². The van der Waals surface area contributed by atoms with Gasteiger partial charge in [0.1, 0.15) is 6.04 Å². The molecule has 1 unspecified atom stereocenters. The van der Waals surface area contributed by atoms with Gasteiger partial charge in [-0.05, 0) is 31.0 Å². The summed E-state index contributed by atoms with van der Waals surface area (Å²) in [7, 11) is 0. The van der Waals surface area contributed by atoms with Gasteiger partial charge in [-0.25, -0.2) is 0 Å². The molecular formula is C23H22N4O4. The van der Waals surface area contributed by atoms with Crippen molar-refractivity contribution < 1.29 is 19.2 Å². The summed E-state index contributed by atoms with van der Waals surface area (Å²) in [5.74, 6) is -1.92. The van der Waals surface area contributed by atoms with Crippen LogP contribution in [-0.4, -0.2) is 45.6 Å². The van der Waals surface area contributed by atoms with E-state index >= 15 is 0 Å². The monoisotopic (exact) mass is 418 g/mol. The molecule has 0 aliphatic carbocycles. The largest absolute Gasteiger partial charge is 0.368 e. The smallest absolute Gasteiger partial charge is 0.261 e. The maximum Gasteiger partial charge on any atom is 0.261 e. The van der Waals surface area contributed by atoms with Crippen LogP contribution in [0.25, 0.3) is 10.9 Å². The van der Waals surface area contributed by atoms with E-state index < -0.39 is 17.7 Å². The fourth-order valence-electron chi connectivity index (χ4n) is 3.92. The number of aryl methyl sites for hydroxylation is 1. The predicted octanol–water partition coefficient (Wildman–Crippen LogP) is 1.71. The molecule has 4 rings (SSSR count). The molecule has 8 heteroatoms. The van der Waals surface area contributed by atoms with E-state index in [1.54, 1.807) is 36.5 Å². The van der Waals surface area contributed by atoms with Gasteiger partial charge in [-0.1, -0.05) is 30.3 Å². The molecule has 4 N–H and O–H groups in total. The van der Waals surface area contributed by atoms with Gasteiger partial charge in [-0.15, -0.1) is 0 Å². The first-order chi connectivity index (χ1) is 14.9. The van der Waals surface area contributed by atoms with E-state index in [0.717, 1.165) is 5.52 Å². The number of Topliss-reactive ketones (excluding diaryl/α,β-unsaturated/α-hetero) is 1. The van der Waals surface area contributed by atoms with Gasteiger partial charge in [-0.3, -0.25) is 24.1 Å². The molecule has 1 aliphatic rings. The molecule has 1 aliphatic heterocycles. The quantitative estimate of drug-likeness (QED) is 0.249. The average Bonchev–Trinajstić information content (AvgIpc) is 3.26. The molecule has 0 saturated carbocycles. The summed E-state index contributed by atoms with van der Waals surface area (Å²) in [6, 6.07) is 12.8. The minimum Gasteiger partial charge on any atom is -0.368 e. The molecule has 3 aromatic rings. The van der Waals surface area contributed by atoms with Crippen molar-refractivity contribution >= 4 is 34.4 Å². The van der Waals surface area contributed by atoms with Gasteiger partial charge in [-0.2, -0.15) is 0 Å². The maximum atomic E-state index is 12.6. The number of ketones is 1. The highest BCUT2D eigenvalue weighted by atomic mass is 16.2. The number of primary amides is 1. The van der Waals surface area contributed by atoms with Gasteiger partial charge >= 0.3 is 0 Å². The normalized spacial score (nSPS) is 14.2. The minimum absolute atomic E-state index is 0.264. The lowest BCUT2D eigenvalue weighted by molar-refractivity contribution is -0.118. The number of carbonyl (C=O) groups is 4. The van der Waals surface area contributed by atoms with Gasteiger partial charge in [0.15, 0.2) is 5.78 Å². The fraction of sp³-hybridized carbons (Fsp3) is 0.217. The molecule has 1 aromatic heterocycles. The Kier molecular flexibility index (Phi) is 5.39.